The molecule has 0 fully saturated rings. The zero-order valence-corrected chi connectivity index (χ0v) is 13.8. The molecule has 2 aromatic heterocycles. The second-order valence-electron chi connectivity index (χ2n) is 5.07. The van der Waals surface area contributed by atoms with Gasteiger partial charge in [0, 0.05) is 25.0 Å². The monoisotopic (exact) mass is 359 g/mol. The van der Waals surface area contributed by atoms with Crippen molar-refractivity contribution >= 4 is 16.9 Å². The molecule has 0 radical (unpaired) electrons. The lowest BCUT2D eigenvalue weighted by Gasteiger charge is -2.02. The minimum atomic E-state index is 0. The molecule has 0 aliphatic rings. The Labute approximate surface area is 140 Å². The smallest absolute Gasteiger partial charge is 0.232 e. The number of imidazole rings is 1. The number of benzene rings is 1. The Morgan fingerprint density at radius 1 is 1.05 bits per heavy atom. The van der Waals surface area contributed by atoms with Crippen LogP contribution in [0.3, 0.4) is 0 Å². The summed E-state index contributed by atoms with van der Waals surface area (Å²) >= 11 is 0. The first-order valence-electron chi connectivity index (χ1n) is 7.24. The van der Waals surface area contributed by atoms with E-state index in [1.807, 2.05) is 54.9 Å². The van der Waals surface area contributed by atoms with Gasteiger partial charge in [-0.3, -0.25) is 9.36 Å². The fourth-order valence-corrected chi connectivity index (χ4v) is 2.43. The van der Waals surface area contributed by atoms with Gasteiger partial charge in [0.25, 0.3) is 0 Å². The van der Waals surface area contributed by atoms with Crippen molar-refractivity contribution in [3.8, 4) is 0 Å². The molecule has 114 valence electrons. The summed E-state index contributed by atoms with van der Waals surface area (Å²) in [4.78, 5) is 16.5. The Bertz CT molecular complexity index is 740. The lowest BCUT2D eigenvalue weighted by atomic mass is 10.2. The van der Waals surface area contributed by atoms with Gasteiger partial charge < -0.3 is 17.0 Å². The number of carbonyl (C=O) groups excluding carboxylic acids is 1. The van der Waals surface area contributed by atoms with E-state index in [2.05, 4.69) is 9.55 Å². The predicted molar refractivity (Wildman–Crippen MR) is 80.8 cm³/mol. The summed E-state index contributed by atoms with van der Waals surface area (Å²) in [5, 5.41) is 0. The molecule has 0 N–H and O–H groups in total. The van der Waals surface area contributed by atoms with Crippen LogP contribution in [0.15, 0.2) is 61.2 Å². The molecule has 5 heteroatoms. The van der Waals surface area contributed by atoms with Gasteiger partial charge in [0.2, 0.25) is 5.91 Å². The molecule has 2 heterocycles. The third-order valence-corrected chi connectivity index (χ3v) is 3.56. The molecule has 0 aliphatic carbocycles. The zero-order chi connectivity index (χ0) is 14.5. The molecule has 4 nitrogen and oxygen atoms in total. The highest BCUT2D eigenvalue weighted by Gasteiger charge is 2.09. The number of pyridine rings is 1. The number of aryl methyl sites for hydroxylation is 1. The maximum atomic E-state index is 12.2. The summed E-state index contributed by atoms with van der Waals surface area (Å²) < 4.78 is 3.79. The summed E-state index contributed by atoms with van der Waals surface area (Å²) in [6.45, 7) is 0.943. The van der Waals surface area contributed by atoms with E-state index in [4.69, 9.17) is 0 Å². The molecule has 3 aromatic rings. The van der Waals surface area contributed by atoms with Crippen LogP contribution in [0, 0.1) is 0 Å². The third-order valence-electron chi connectivity index (χ3n) is 3.56. The Morgan fingerprint density at radius 3 is 2.64 bits per heavy atom. The molecular weight excluding hydrogens is 342 g/mol. The van der Waals surface area contributed by atoms with E-state index in [0.717, 1.165) is 30.4 Å². The number of halogens is 1. The predicted octanol–water partition coefficient (Wildman–Crippen LogP) is -0.161. The van der Waals surface area contributed by atoms with Crippen molar-refractivity contribution in [1.29, 1.82) is 0 Å². The summed E-state index contributed by atoms with van der Waals surface area (Å²) in [5.74, 6) is 0.113. The van der Waals surface area contributed by atoms with Crippen LogP contribution >= 0.6 is 0 Å². The summed E-state index contributed by atoms with van der Waals surface area (Å²) in [6.07, 6.45) is 8.14. The van der Waals surface area contributed by atoms with E-state index in [1.165, 1.54) is 0 Å². The van der Waals surface area contributed by atoms with Crippen LogP contribution in [0.1, 0.15) is 24.1 Å². The van der Waals surface area contributed by atoms with Crippen molar-refractivity contribution in [2.24, 2.45) is 0 Å². The highest BCUT2D eigenvalue weighted by Crippen LogP contribution is 2.13. The molecular formula is C17H18BrN3O. The topological polar surface area (TPSA) is 38.8 Å². The standard InChI is InChI=1S/C17H18N3O.BrH/c21-17(10-4-7-13-19-11-5-1-6-12-19)20-14-18-15-8-2-3-9-16(15)20;/h1-3,5-6,8-9,11-12,14H,4,7,10,13H2;1H/q+1;/p-1. The van der Waals surface area contributed by atoms with E-state index < -0.39 is 0 Å². The number of carbonyl (C=O) groups is 1. The summed E-state index contributed by atoms with van der Waals surface area (Å²) in [5.41, 5.74) is 1.76. The first kappa shape index (κ1) is 16.4. The Hall–Kier alpha value is -2.01. The minimum Gasteiger partial charge on any atom is -1.00 e. The molecule has 1 aromatic carbocycles. The van der Waals surface area contributed by atoms with Gasteiger partial charge in [-0.25, -0.2) is 9.55 Å². The van der Waals surface area contributed by atoms with Crippen molar-refractivity contribution in [2.75, 3.05) is 0 Å². The van der Waals surface area contributed by atoms with Crippen LogP contribution in [-0.2, 0) is 6.54 Å². The van der Waals surface area contributed by atoms with Crippen LogP contribution in [-0.4, -0.2) is 15.5 Å². The third kappa shape index (κ3) is 3.80. The molecule has 0 spiro atoms. The van der Waals surface area contributed by atoms with E-state index in [1.54, 1.807) is 10.9 Å². The maximum absolute atomic E-state index is 12.2. The van der Waals surface area contributed by atoms with Gasteiger partial charge in [0.15, 0.2) is 12.4 Å². The molecule has 0 aliphatic heterocycles. The zero-order valence-electron chi connectivity index (χ0n) is 12.2. The minimum absolute atomic E-state index is 0. The fraction of sp³-hybridized carbons (Fsp3) is 0.235. The highest BCUT2D eigenvalue weighted by molar-refractivity contribution is 5.90. The van der Waals surface area contributed by atoms with Crippen LogP contribution in [0.25, 0.3) is 11.0 Å². The molecule has 0 unspecified atom stereocenters. The second-order valence-corrected chi connectivity index (χ2v) is 5.07. The lowest BCUT2D eigenvalue weighted by Crippen LogP contribution is -3.00. The van der Waals surface area contributed by atoms with Gasteiger partial charge in [-0.05, 0) is 18.6 Å². The molecule has 0 bridgehead atoms. The number of nitrogens with zero attached hydrogens (tertiary/aromatic N) is 3. The van der Waals surface area contributed by atoms with Crippen LogP contribution in [0.4, 0.5) is 0 Å². The average Bonchev–Trinajstić information content (AvgIpc) is 2.96. The summed E-state index contributed by atoms with van der Waals surface area (Å²) in [6, 6.07) is 13.8. The van der Waals surface area contributed by atoms with Gasteiger partial charge in [-0.1, -0.05) is 18.2 Å². The number of para-hydroxylation sites is 2. The van der Waals surface area contributed by atoms with Crippen molar-refractivity contribution in [3.05, 3.63) is 61.2 Å². The Balaban J connectivity index is 0.00000176. The van der Waals surface area contributed by atoms with E-state index in [9.17, 15) is 4.79 Å². The molecule has 0 amide bonds. The summed E-state index contributed by atoms with van der Waals surface area (Å²) in [7, 11) is 0. The van der Waals surface area contributed by atoms with Gasteiger partial charge in [-0.2, -0.15) is 0 Å². The van der Waals surface area contributed by atoms with E-state index in [0.29, 0.717) is 6.42 Å². The number of fused-ring (bicyclic) bond motifs is 1. The van der Waals surface area contributed by atoms with E-state index >= 15 is 0 Å². The van der Waals surface area contributed by atoms with Gasteiger partial charge in [0.05, 0.1) is 11.0 Å². The Morgan fingerprint density at radius 2 is 1.82 bits per heavy atom. The second kappa shape index (κ2) is 7.84. The maximum Gasteiger partial charge on any atom is 0.232 e. The molecule has 0 saturated carbocycles. The van der Waals surface area contributed by atoms with Gasteiger partial charge in [0.1, 0.15) is 12.9 Å². The number of aromatic nitrogens is 3. The fourth-order valence-electron chi connectivity index (χ4n) is 2.43. The first-order valence-corrected chi connectivity index (χ1v) is 7.24. The number of hydrogen-bond acceptors (Lipinski definition) is 2. The van der Waals surface area contributed by atoms with Crippen LogP contribution in [0.2, 0.25) is 0 Å². The molecule has 3 rings (SSSR count). The number of rotatable bonds is 5. The molecule has 0 saturated heterocycles. The Kier molecular flexibility index (Phi) is 5.83. The largest absolute Gasteiger partial charge is 1.00 e. The van der Waals surface area contributed by atoms with Crippen molar-refractivity contribution in [3.63, 3.8) is 0 Å². The first-order chi connectivity index (χ1) is 10.3. The normalized spacial score (nSPS) is 10.4. The highest BCUT2D eigenvalue weighted by atomic mass is 79.9. The van der Waals surface area contributed by atoms with Gasteiger partial charge in [-0.15, -0.1) is 0 Å². The van der Waals surface area contributed by atoms with E-state index in [-0.39, 0.29) is 22.9 Å². The molecule has 22 heavy (non-hydrogen) atoms. The van der Waals surface area contributed by atoms with Crippen LogP contribution in [0.5, 0.6) is 0 Å². The average molecular weight is 360 g/mol. The van der Waals surface area contributed by atoms with Crippen molar-refractivity contribution in [2.45, 2.75) is 25.8 Å². The quantitative estimate of drug-likeness (QED) is 0.469. The SMILES string of the molecule is O=C(CCCC[n+]1ccccc1)n1cnc2ccccc21.[Br-]. The van der Waals surface area contributed by atoms with Gasteiger partial charge >= 0.3 is 0 Å². The number of unbranched alkanes of at least 4 members (excludes halogenated alkanes) is 1. The van der Waals surface area contributed by atoms with Crippen molar-refractivity contribution < 1.29 is 26.3 Å². The lowest BCUT2D eigenvalue weighted by molar-refractivity contribution is -0.697. The molecule has 0 atom stereocenters. The van der Waals surface area contributed by atoms with Crippen molar-refractivity contribution in [1.82, 2.24) is 9.55 Å². The number of hydrogen-bond donors (Lipinski definition) is 0. The van der Waals surface area contributed by atoms with Crippen LogP contribution < -0.4 is 21.5 Å².